The van der Waals surface area contributed by atoms with Gasteiger partial charge in [-0.1, -0.05) is 20.8 Å². The normalized spacial score (nSPS) is 14.2. The minimum atomic E-state index is -0.714. The van der Waals surface area contributed by atoms with Gasteiger partial charge in [-0.15, -0.1) is 0 Å². The van der Waals surface area contributed by atoms with Crippen LogP contribution in [0, 0.1) is 5.92 Å². The number of primary amides is 1. The molecule has 0 rings (SSSR count). The number of carbonyl (C=O) groups is 2. The van der Waals surface area contributed by atoms with Gasteiger partial charge in [-0.05, 0) is 18.8 Å². The van der Waals surface area contributed by atoms with Gasteiger partial charge in [0.2, 0.25) is 5.91 Å². The van der Waals surface area contributed by atoms with Crippen LogP contribution < -0.4 is 16.4 Å². The van der Waals surface area contributed by atoms with Crippen LogP contribution in [0.25, 0.3) is 0 Å². The molecule has 100 valence electrons. The largest absolute Gasteiger partial charge is 0.396 e. The first kappa shape index (κ1) is 15.7. The molecule has 0 bridgehead atoms. The van der Waals surface area contributed by atoms with Crippen molar-refractivity contribution >= 4 is 11.9 Å². The van der Waals surface area contributed by atoms with E-state index in [1.807, 2.05) is 20.8 Å². The van der Waals surface area contributed by atoms with Gasteiger partial charge in [0, 0.05) is 12.6 Å². The zero-order valence-electron chi connectivity index (χ0n) is 10.7. The van der Waals surface area contributed by atoms with Crippen molar-refractivity contribution in [3.63, 3.8) is 0 Å². The van der Waals surface area contributed by atoms with Crippen LogP contribution in [0.4, 0.5) is 4.79 Å². The van der Waals surface area contributed by atoms with Crippen molar-refractivity contribution in [1.29, 1.82) is 0 Å². The quantitative estimate of drug-likeness (QED) is 0.505. The fraction of sp³-hybridized carbons (Fsp3) is 0.818. The molecule has 5 N–H and O–H groups in total. The molecule has 0 saturated heterocycles. The minimum absolute atomic E-state index is 0.0222. The Kier molecular flexibility index (Phi) is 7.29. The van der Waals surface area contributed by atoms with E-state index in [9.17, 15) is 9.59 Å². The van der Waals surface area contributed by atoms with Crippen molar-refractivity contribution in [2.75, 3.05) is 6.61 Å². The van der Waals surface area contributed by atoms with E-state index in [-0.39, 0.29) is 24.5 Å². The molecular formula is C11H23N3O3. The maximum atomic E-state index is 11.9. The highest BCUT2D eigenvalue weighted by Gasteiger charge is 2.24. The fourth-order valence-electron chi connectivity index (χ4n) is 1.51. The molecule has 0 aromatic rings. The number of hydrogen-bond acceptors (Lipinski definition) is 3. The lowest BCUT2D eigenvalue weighted by Gasteiger charge is -2.24. The lowest BCUT2D eigenvalue weighted by molar-refractivity contribution is -0.124. The summed E-state index contributed by atoms with van der Waals surface area (Å²) >= 11 is 0. The van der Waals surface area contributed by atoms with E-state index >= 15 is 0 Å². The lowest BCUT2D eigenvalue weighted by Crippen LogP contribution is -2.53. The number of carbonyl (C=O) groups excluding carboxylic acids is 2. The number of amides is 3. The number of hydrogen-bond donors (Lipinski definition) is 4. The van der Waals surface area contributed by atoms with E-state index in [2.05, 4.69) is 10.6 Å². The summed E-state index contributed by atoms with van der Waals surface area (Å²) in [6, 6.07) is -1.43. The van der Waals surface area contributed by atoms with Gasteiger partial charge in [0.25, 0.3) is 0 Å². The zero-order chi connectivity index (χ0) is 13.4. The first-order chi connectivity index (χ1) is 7.92. The van der Waals surface area contributed by atoms with Crippen LogP contribution in [-0.4, -0.2) is 35.7 Å². The Morgan fingerprint density at radius 3 is 2.24 bits per heavy atom. The van der Waals surface area contributed by atoms with Gasteiger partial charge < -0.3 is 21.5 Å². The maximum Gasteiger partial charge on any atom is 0.312 e. The number of nitrogens with one attached hydrogen (secondary N) is 2. The van der Waals surface area contributed by atoms with Crippen LogP contribution in [-0.2, 0) is 4.79 Å². The molecule has 6 heteroatoms. The molecule has 2 unspecified atom stereocenters. The van der Waals surface area contributed by atoms with Crippen molar-refractivity contribution in [2.24, 2.45) is 11.7 Å². The van der Waals surface area contributed by atoms with E-state index < -0.39 is 12.1 Å². The highest BCUT2D eigenvalue weighted by atomic mass is 16.3. The Morgan fingerprint density at radius 2 is 1.88 bits per heavy atom. The first-order valence-electron chi connectivity index (χ1n) is 5.89. The third kappa shape index (κ3) is 6.11. The number of urea groups is 1. The molecule has 0 aromatic heterocycles. The van der Waals surface area contributed by atoms with Crippen molar-refractivity contribution < 1.29 is 14.7 Å². The van der Waals surface area contributed by atoms with Crippen molar-refractivity contribution in [2.45, 2.75) is 45.7 Å². The van der Waals surface area contributed by atoms with Crippen LogP contribution in [0.5, 0.6) is 0 Å². The molecule has 0 aliphatic carbocycles. The Balaban J connectivity index is 4.45. The second-order valence-electron chi connectivity index (χ2n) is 4.36. The second kappa shape index (κ2) is 7.89. The molecule has 0 spiro atoms. The summed E-state index contributed by atoms with van der Waals surface area (Å²) in [6.45, 7) is 5.60. The summed E-state index contributed by atoms with van der Waals surface area (Å²) in [7, 11) is 0. The Hall–Kier alpha value is -1.30. The van der Waals surface area contributed by atoms with Gasteiger partial charge in [-0.25, -0.2) is 4.79 Å². The van der Waals surface area contributed by atoms with E-state index in [1.165, 1.54) is 0 Å². The summed E-state index contributed by atoms with van der Waals surface area (Å²) < 4.78 is 0. The SMILES string of the molecule is CCC(CCO)NC(=O)C(NC(N)=O)C(C)C. The third-order valence-electron chi connectivity index (χ3n) is 2.56. The van der Waals surface area contributed by atoms with E-state index in [0.717, 1.165) is 6.42 Å². The predicted octanol–water partition coefficient (Wildman–Crippen LogP) is -0.0435. The molecule has 6 nitrogen and oxygen atoms in total. The molecule has 3 amide bonds. The molecule has 0 radical (unpaired) electrons. The third-order valence-corrected chi connectivity index (χ3v) is 2.56. The predicted molar refractivity (Wildman–Crippen MR) is 65.3 cm³/mol. The molecule has 0 aliphatic heterocycles. The van der Waals surface area contributed by atoms with Gasteiger partial charge in [0.1, 0.15) is 6.04 Å². The molecule has 17 heavy (non-hydrogen) atoms. The summed E-state index contributed by atoms with van der Waals surface area (Å²) in [4.78, 5) is 22.7. The van der Waals surface area contributed by atoms with Crippen LogP contribution >= 0.6 is 0 Å². The number of aliphatic hydroxyl groups is 1. The van der Waals surface area contributed by atoms with Gasteiger partial charge in [-0.2, -0.15) is 0 Å². The smallest absolute Gasteiger partial charge is 0.312 e. The van der Waals surface area contributed by atoms with Crippen LogP contribution in [0.2, 0.25) is 0 Å². The van der Waals surface area contributed by atoms with Gasteiger partial charge in [0.05, 0.1) is 0 Å². The van der Waals surface area contributed by atoms with Crippen LogP contribution in [0.15, 0.2) is 0 Å². The van der Waals surface area contributed by atoms with Gasteiger partial charge >= 0.3 is 6.03 Å². The number of nitrogens with two attached hydrogens (primary N) is 1. The van der Waals surface area contributed by atoms with Crippen LogP contribution in [0.3, 0.4) is 0 Å². The van der Waals surface area contributed by atoms with E-state index in [0.29, 0.717) is 6.42 Å². The molecule has 0 aliphatic rings. The van der Waals surface area contributed by atoms with Crippen molar-refractivity contribution in [3.8, 4) is 0 Å². The van der Waals surface area contributed by atoms with Gasteiger partial charge in [0.15, 0.2) is 0 Å². The maximum absolute atomic E-state index is 11.9. The highest BCUT2D eigenvalue weighted by molar-refractivity contribution is 5.86. The lowest BCUT2D eigenvalue weighted by atomic mass is 10.0. The standard InChI is InChI=1S/C11H23N3O3/c1-4-8(5-6-15)13-10(16)9(7(2)3)14-11(12)17/h7-9,15H,4-6H2,1-3H3,(H,13,16)(H3,12,14,17). The van der Waals surface area contributed by atoms with E-state index in [1.54, 1.807) is 0 Å². The molecule has 0 saturated carbocycles. The minimum Gasteiger partial charge on any atom is -0.396 e. The highest BCUT2D eigenvalue weighted by Crippen LogP contribution is 2.04. The molecule has 2 atom stereocenters. The first-order valence-corrected chi connectivity index (χ1v) is 5.89. The monoisotopic (exact) mass is 245 g/mol. The number of aliphatic hydroxyl groups excluding tert-OH is 1. The summed E-state index contributed by atoms with van der Waals surface area (Å²) in [5, 5.41) is 14.0. The second-order valence-corrected chi connectivity index (χ2v) is 4.36. The Morgan fingerprint density at radius 1 is 1.29 bits per heavy atom. The van der Waals surface area contributed by atoms with Crippen LogP contribution in [0.1, 0.15) is 33.6 Å². The number of rotatable bonds is 7. The average molecular weight is 245 g/mol. The molecule has 0 fully saturated rings. The van der Waals surface area contributed by atoms with Crippen molar-refractivity contribution in [3.05, 3.63) is 0 Å². The van der Waals surface area contributed by atoms with Crippen molar-refractivity contribution in [1.82, 2.24) is 10.6 Å². The Labute approximate surface area is 102 Å². The topological polar surface area (TPSA) is 104 Å². The summed E-state index contributed by atoms with van der Waals surface area (Å²) in [5.74, 6) is -0.312. The Bertz CT molecular complexity index is 256. The average Bonchev–Trinajstić information content (AvgIpc) is 2.24. The fourth-order valence-corrected chi connectivity index (χ4v) is 1.51. The van der Waals surface area contributed by atoms with Gasteiger partial charge in [-0.3, -0.25) is 4.79 Å². The molecular weight excluding hydrogens is 222 g/mol. The summed E-state index contributed by atoms with van der Waals surface area (Å²) in [6.07, 6.45) is 1.23. The zero-order valence-corrected chi connectivity index (χ0v) is 10.7. The molecule has 0 heterocycles. The van der Waals surface area contributed by atoms with E-state index in [4.69, 9.17) is 10.8 Å². The molecule has 0 aromatic carbocycles. The summed E-state index contributed by atoms with van der Waals surface area (Å²) in [5.41, 5.74) is 5.02.